The zero-order valence-corrected chi connectivity index (χ0v) is 15.9. The Bertz CT molecular complexity index is 874. The van der Waals surface area contributed by atoms with Crippen LogP contribution in [0.3, 0.4) is 0 Å². The lowest BCUT2D eigenvalue weighted by atomic mass is 10.1. The van der Waals surface area contributed by atoms with Crippen molar-refractivity contribution in [1.29, 1.82) is 0 Å². The minimum absolute atomic E-state index is 0.735. The number of benzene rings is 1. The number of halogens is 1. The Morgan fingerprint density at radius 2 is 1.88 bits per heavy atom. The lowest BCUT2D eigenvalue weighted by molar-refractivity contribution is 0.886. The van der Waals surface area contributed by atoms with Crippen LogP contribution in [0.2, 0.25) is 0 Å². The minimum atomic E-state index is 0.735. The molecule has 1 aromatic carbocycles. The van der Waals surface area contributed by atoms with Gasteiger partial charge in [0.2, 0.25) is 0 Å². The van der Waals surface area contributed by atoms with Crippen molar-refractivity contribution in [2.45, 2.75) is 19.0 Å². The molecule has 24 heavy (non-hydrogen) atoms. The number of aromatic nitrogens is 4. The van der Waals surface area contributed by atoms with E-state index in [1.54, 1.807) is 24.2 Å². The van der Waals surface area contributed by atoms with E-state index in [-0.39, 0.29) is 0 Å². The summed E-state index contributed by atoms with van der Waals surface area (Å²) in [7, 11) is 0. The van der Waals surface area contributed by atoms with Gasteiger partial charge in [0.25, 0.3) is 0 Å². The fourth-order valence-electron chi connectivity index (χ4n) is 2.29. The van der Waals surface area contributed by atoms with Crippen LogP contribution in [0.4, 0.5) is 0 Å². The van der Waals surface area contributed by atoms with Gasteiger partial charge in [-0.05, 0) is 53.7 Å². The minimum Gasteiger partial charge on any atom is -0.270 e. The number of pyridine rings is 1. The molecule has 2 aromatic heterocycles. The quantitative estimate of drug-likeness (QED) is 0.568. The summed E-state index contributed by atoms with van der Waals surface area (Å²) in [5, 5.41) is 9.64. The molecule has 0 aliphatic carbocycles. The fourth-order valence-corrected chi connectivity index (χ4v) is 3.34. The van der Waals surface area contributed by atoms with Gasteiger partial charge >= 0.3 is 0 Å². The van der Waals surface area contributed by atoms with Gasteiger partial charge in [-0.3, -0.25) is 9.55 Å². The van der Waals surface area contributed by atoms with Crippen molar-refractivity contribution in [2.24, 2.45) is 0 Å². The molecule has 0 amide bonds. The van der Waals surface area contributed by atoms with Gasteiger partial charge in [0.15, 0.2) is 11.0 Å². The van der Waals surface area contributed by atoms with Gasteiger partial charge in [-0.1, -0.05) is 40.3 Å². The third kappa shape index (κ3) is 3.60. The zero-order chi connectivity index (χ0) is 17.1. The average molecular weight is 401 g/mol. The molecule has 0 bridgehead atoms. The third-order valence-corrected chi connectivity index (χ3v) is 5.35. The van der Waals surface area contributed by atoms with Crippen LogP contribution in [0.5, 0.6) is 0 Å². The first-order chi connectivity index (χ1) is 11.6. The van der Waals surface area contributed by atoms with E-state index in [1.807, 2.05) is 12.1 Å². The third-order valence-electron chi connectivity index (χ3n) is 3.68. The van der Waals surface area contributed by atoms with Crippen molar-refractivity contribution in [3.8, 4) is 17.1 Å². The van der Waals surface area contributed by atoms with Gasteiger partial charge in [-0.25, -0.2) is 0 Å². The fraction of sp³-hybridized carbons (Fsp3) is 0.167. The Balaban J connectivity index is 2.13. The molecule has 0 atom stereocenters. The maximum Gasteiger partial charge on any atom is 0.196 e. The Labute approximate surface area is 154 Å². The highest BCUT2D eigenvalue weighted by Crippen LogP contribution is 2.29. The molecule has 0 spiro atoms. The summed E-state index contributed by atoms with van der Waals surface area (Å²) >= 11 is 5.01. The first-order valence-electron chi connectivity index (χ1n) is 7.46. The number of thioether (sulfide) groups is 1. The molecule has 0 saturated heterocycles. The van der Waals surface area contributed by atoms with Crippen LogP contribution in [0, 0.1) is 13.8 Å². The maximum absolute atomic E-state index is 4.41. The van der Waals surface area contributed by atoms with E-state index < -0.39 is 0 Å². The van der Waals surface area contributed by atoms with Crippen molar-refractivity contribution in [2.75, 3.05) is 5.75 Å². The van der Waals surface area contributed by atoms with Crippen LogP contribution in [0.1, 0.15) is 11.1 Å². The van der Waals surface area contributed by atoms with E-state index in [0.29, 0.717) is 0 Å². The van der Waals surface area contributed by atoms with E-state index in [9.17, 15) is 0 Å². The van der Waals surface area contributed by atoms with Crippen LogP contribution in [0.15, 0.2) is 58.9 Å². The smallest absolute Gasteiger partial charge is 0.196 e. The predicted molar refractivity (Wildman–Crippen MR) is 103 cm³/mol. The van der Waals surface area contributed by atoms with Gasteiger partial charge < -0.3 is 0 Å². The molecule has 122 valence electrons. The van der Waals surface area contributed by atoms with Crippen molar-refractivity contribution in [3.63, 3.8) is 0 Å². The lowest BCUT2D eigenvalue weighted by Crippen LogP contribution is -2.01. The van der Waals surface area contributed by atoms with Crippen molar-refractivity contribution >= 4 is 27.7 Å². The van der Waals surface area contributed by atoms with E-state index >= 15 is 0 Å². The normalized spacial score (nSPS) is 10.8. The number of hydrogen-bond donors (Lipinski definition) is 0. The van der Waals surface area contributed by atoms with Crippen LogP contribution >= 0.6 is 27.7 Å². The topological polar surface area (TPSA) is 43.6 Å². The van der Waals surface area contributed by atoms with E-state index in [4.69, 9.17) is 0 Å². The first kappa shape index (κ1) is 16.9. The summed E-state index contributed by atoms with van der Waals surface area (Å²) in [6.07, 6.45) is 3.53. The van der Waals surface area contributed by atoms with E-state index in [0.717, 1.165) is 32.5 Å². The first-order valence-corrected chi connectivity index (χ1v) is 9.23. The molecule has 0 fully saturated rings. The van der Waals surface area contributed by atoms with Crippen LogP contribution < -0.4 is 0 Å². The predicted octanol–water partition coefficient (Wildman–Crippen LogP) is 4.95. The molecule has 3 aromatic rings. The van der Waals surface area contributed by atoms with Crippen LogP contribution in [-0.2, 0) is 0 Å². The number of nitrogens with zero attached hydrogens (tertiary/aromatic N) is 4. The number of aryl methyl sites for hydroxylation is 2. The van der Waals surface area contributed by atoms with Gasteiger partial charge in [0.1, 0.15) is 0 Å². The highest BCUT2D eigenvalue weighted by Gasteiger charge is 2.16. The Kier molecular flexibility index (Phi) is 5.16. The Morgan fingerprint density at radius 1 is 1.12 bits per heavy atom. The van der Waals surface area contributed by atoms with Gasteiger partial charge in [0, 0.05) is 23.7 Å². The molecule has 3 rings (SSSR count). The van der Waals surface area contributed by atoms with Crippen LogP contribution in [-0.4, -0.2) is 25.5 Å². The Morgan fingerprint density at radius 3 is 2.54 bits per heavy atom. The summed E-state index contributed by atoms with van der Waals surface area (Å²) < 4.78 is 3.01. The second-order valence-corrected chi connectivity index (χ2v) is 7.52. The molecule has 2 heterocycles. The molecule has 0 aliphatic rings. The SMILES string of the molecule is C=C(Br)CSc1nnc(-c2ccncc2)n1-c1ccc(C)c(C)c1. The zero-order valence-electron chi connectivity index (χ0n) is 13.5. The molecular formula is C18H17BrN4S. The summed E-state index contributed by atoms with van der Waals surface area (Å²) in [6.45, 7) is 8.12. The largest absolute Gasteiger partial charge is 0.270 e. The van der Waals surface area contributed by atoms with Crippen LogP contribution in [0.25, 0.3) is 17.1 Å². The Hall–Kier alpha value is -1.92. The molecule has 0 aliphatic heterocycles. The summed E-state index contributed by atoms with van der Waals surface area (Å²) in [4.78, 5) is 4.08. The average Bonchev–Trinajstić information content (AvgIpc) is 3.00. The molecule has 6 heteroatoms. The number of hydrogen-bond acceptors (Lipinski definition) is 4. The standard InChI is InChI=1S/C18H17BrN4S/c1-12-4-5-16(10-13(12)2)23-17(15-6-8-20-9-7-15)21-22-18(23)24-11-14(3)19/h4-10H,3,11H2,1-2H3. The second-order valence-electron chi connectivity index (χ2n) is 5.45. The van der Waals surface area contributed by atoms with E-state index in [1.165, 1.54) is 11.1 Å². The maximum atomic E-state index is 4.41. The molecule has 0 N–H and O–H groups in total. The van der Waals surface area contributed by atoms with Gasteiger partial charge in [-0.2, -0.15) is 0 Å². The monoisotopic (exact) mass is 400 g/mol. The molecule has 0 radical (unpaired) electrons. The van der Waals surface area contributed by atoms with Gasteiger partial charge in [0.05, 0.1) is 5.69 Å². The van der Waals surface area contributed by atoms with E-state index in [2.05, 4.69) is 74.3 Å². The highest BCUT2D eigenvalue weighted by molar-refractivity contribution is 9.11. The lowest BCUT2D eigenvalue weighted by Gasteiger charge is -2.12. The highest BCUT2D eigenvalue weighted by atomic mass is 79.9. The van der Waals surface area contributed by atoms with Crippen molar-refractivity contribution in [1.82, 2.24) is 19.7 Å². The summed E-state index contributed by atoms with van der Waals surface area (Å²) in [5.74, 6) is 1.54. The van der Waals surface area contributed by atoms with Crippen molar-refractivity contribution < 1.29 is 0 Å². The van der Waals surface area contributed by atoms with Crippen molar-refractivity contribution in [3.05, 3.63) is 64.9 Å². The summed E-state index contributed by atoms with van der Waals surface area (Å²) in [5.41, 5.74) is 4.54. The second kappa shape index (κ2) is 7.32. The molecule has 4 nitrogen and oxygen atoms in total. The molecule has 0 saturated carbocycles. The molecule has 0 unspecified atom stereocenters. The summed E-state index contributed by atoms with van der Waals surface area (Å²) in [6, 6.07) is 10.3. The number of rotatable bonds is 5. The van der Waals surface area contributed by atoms with Gasteiger partial charge in [-0.15, -0.1) is 10.2 Å². The molecular weight excluding hydrogens is 384 g/mol.